The average molecular weight is 281 g/mol. The SMILES string of the molecule is CN(C)C1(CNC(=O)C[C@@H]2CCC[C@H]2N)CCCCC1. The summed E-state index contributed by atoms with van der Waals surface area (Å²) < 4.78 is 0. The molecule has 0 aromatic carbocycles. The first-order valence-electron chi connectivity index (χ1n) is 8.23. The lowest BCUT2D eigenvalue weighted by Gasteiger charge is -2.43. The first-order valence-corrected chi connectivity index (χ1v) is 8.23. The topological polar surface area (TPSA) is 58.4 Å². The van der Waals surface area contributed by atoms with E-state index >= 15 is 0 Å². The highest BCUT2D eigenvalue weighted by molar-refractivity contribution is 5.76. The van der Waals surface area contributed by atoms with E-state index in [4.69, 9.17) is 5.73 Å². The molecule has 2 fully saturated rings. The Morgan fingerprint density at radius 1 is 1.20 bits per heavy atom. The molecule has 0 unspecified atom stereocenters. The molecule has 2 atom stereocenters. The van der Waals surface area contributed by atoms with Gasteiger partial charge in [0.1, 0.15) is 0 Å². The van der Waals surface area contributed by atoms with Crippen LogP contribution in [0.2, 0.25) is 0 Å². The van der Waals surface area contributed by atoms with Gasteiger partial charge in [0, 0.05) is 24.5 Å². The molecule has 3 N–H and O–H groups in total. The van der Waals surface area contributed by atoms with Crippen molar-refractivity contribution in [2.75, 3.05) is 20.6 Å². The van der Waals surface area contributed by atoms with Crippen LogP contribution in [-0.2, 0) is 4.79 Å². The van der Waals surface area contributed by atoms with Crippen LogP contribution in [0.15, 0.2) is 0 Å². The molecule has 4 nitrogen and oxygen atoms in total. The minimum Gasteiger partial charge on any atom is -0.354 e. The Hall–Kier alpha value is -0.610. The predicted octanol–water partition coefficient (Wildman–Crippen LogP) is 1.88. The molecule has 116 valence electrons. The van der Waals surface area contributed by atoms with E-state index in [1.54, 1.807) is 0 Å². The number of hydrogen-bond donors (Lipinski definition) is 2. The van der Waals surface area contributed by atoms with Crippen LogP contribution in [-0.4, -0.2) is 43.0 Å². The van der Waals surface area contributed by atoms with Crippen LogP contribution >= 0.6 is 0 Å². The van der Waals surface area contributed by atoms with Crippen LogP contribution in [0.3, 0.4) is 0 Å². The fourth-order valence-corrected chi connectivity index (χ4v) is 3.88. The molecule has 0 radical (unpaired) electrons. The fourth-order valence-electron chi connectivity index (χ4n) is 3.88. The Morgan fingerprint density at radius 2 is 1.90 bits per heavy atom. The number of hydrogen-bond acceptors (Lipinski definition) is 3. The second-order valence-electron chi connectivity index (χ2n) is 7.02. The van der Waals surface area contributed by atoms with Gasteiger partial charge in [-0.1, -0.05) is 25.7 Å². The summed E-state index contributed by atoms with van der Waals surface area (Å²) in [4.78, 5) is 14.5. The molecule has 2 saturated carbocycles. The molecule has 0 aliphatic heterocycles. The van der Waals surface area contributed by atoms with Crippen LogP contribution in [0.4, 0.5) is 0 Å². The zero-order valence-corrected chi connectivity index (χ0v) is 13.2. The van der Waals surface area contributed by atoms with Crippen molar-refractivity contribution in [2.24, 2.45) is 11.7 Å². The summed E-state index contributed by atoms with van der Waals surface area (Å²) in [7, 11) is 4.29. The van der Waals surface area contributed by atoms with Crippen molar-refractivity contribution in [3.8, 4) is 0 Å². The van der Waals surface area contributed by atoms with E-state index in [2.05, 4.69) is 24.3 Å². The number of nitrogens with two attached hydrogens (primary N) is 1. The minimum absolute atomic E-state index is 0.172. The molecule has 0 heterocycles. The number of amides is 1. The van der Waals surface area contributed by atoms with Gasteiger partial charge in [-0.15, -0.1) is 0 Å². The molecule has 0 bridgehead atoms. The van der Waals surface area contributed by atoms with Crippen LogP contribution in [0.25, 0.3) is 0 Å². The zero-order chi connectivity index (χ0) is 14.6. The van der Waals surface area contributed by atoms with E-state index < -0.39 is 0 Å². The zero-order valence-electron chi connectivity index (χ0n) is 13.2. The van der Waals surface area contributed by atoms with E-state index in [0.29, 0.717) is 12.3 Å². The molecular formula is C16H31N3O. The van der Waals surface area contributed by atoms with Crippen molar-refractivity contribution in [1.29, 1.82) is 0 Å². The van der Waals surface area contributed by atoms with Gasteiger partial charge in [-0.25, -0.2) is 0 Å². The second kappa shape index (κ2) is 6.90. The first-order chi connectivity index (χ1) is 9.53. The van der Waals surface area contributed by atoms with Crippen LogP contribution in [0.5, 0.6) is 0 Å². The summed E-state index contributed by atoms with van der Waals surface area (Å²) in [5.41, 5.74) is 6.22. The number of nitrogens with zero attached hydrogens (tertiary/aromatic N) is 1. The molecule has 0 saturated heterocycles. The molecular weight excluding hydrogens is 250 g/mol. The van der Waals surface area contributed by atoms with Gasteiger partial charge < -0.3 is 16.0 Å². The Labute approximate surface area is 123 Å². The normalized spacial score (nSPS) is 29.6. The van der Waals surface area contributed by atoms with Gasteiger partial charge in [0.25, 0.3) is 0 Å². The largest absolute Gasteiger partial charge is 0.354 e. The van der Waals surface area contributed by atoms with Crippen LogP contribution in [0.1, 0.15) is 57.8 Å². The van der Waals surface area contributed by atoms with Crippen LogP contribution in [0, 0.1) is 5.92 Å². The van der Waals surface area contributed by atoms with Gasteiger partial charge in [0.05, 0.1) is 0 Å². The predicted molar refractivity (Wildman–Crippen MR) is 82.4 cm³/mol. The van der Waals surface area contributed by atoms with Gasteiger partial charge in [-0.2, -0.15) is 0 Å². The molecule has 0 aromatic heterocycles. The molecule has 4 heteroatoms. The summed E-state index contributed by atoms with van der Waals surface area (Å²) in [5.74, 6) is 0.593. The second-order valence-corrected chi connectivity index (χ2v) is 7.02. The number of nitrogens with one attached hydrogen (secondary N) is 1. The van der Waals surface area contributed by atoms with E-state index in [0.717, 1.165) is 19.4 Å². The Kier molecular flexibility index (Phi) is 5.44. The van der Waals surface area contributed by atoms with Crippen LogP contribution < -0.4 is 11.1 Å². The third-order valence-electron chi connectivity index (χ3n) is 5.51. The maximum absolute atomic E-state index is 12.2. The summed E-state index contributed by atoms with van der Waals surface area (Å²) in [5, 5.41) is 3.19. The number of rotatable bonds is 5. The smallest absolute Gasteiger partial charge is 0.220 e. The van der Waals surface area contributed by atoms with Crippen molar-refractivity contribution in [3.63, 3.8) is 0 Å². The quantitative estimate of drug-likeness (QED) is 0.809. The maximum atomic E-state index is 12.2. The van der Waals surface area contributed by atoms with Gasteiger partial charge in [-0.3, -0.25) is 4.79 Å². The molecule has 0 aromatic rings. The van der Waals surface area contributed by atoms with E-state index in [9.17, 15) is 4.79 Å². The van der Waals surface area contributed by atoms with Crippen molar-refractivity contribution < 1.29 is 4.79 Å². The number of likely N-dealkylation sites (N-methyl/N-ethyl adjacent to an activating group) is 1. The molecule has 2 aliphatic carbocycles. The van der Waals surface area contributed by atoms with E-state index in [1.165, 1.54) is 38.5 Å². The Morgan fingerprint density at radius 3 is 2.45 bits per heavy atom. The summed E-state index contributed by atoms with van der Waals surface area (Å²) in [6, 6.07) is 0.234. The van der Waals surface area contributed by atoms with Gasteiger partial charge in [0.15, 0.2) is 0 Å². The van der Waals surface area contributed by atoms with Gasteiger partial charge in [-0.05, 0) is 45.7 Å². The van der Waals surface area contributed by atoms with Crippen molar-refractivity contribution >= 4 is 5.91 Å². The first kappa shape index (κ1) is 15.8. The lowest BCUT2D eigenvalue weighted by molar-refractivity contribution is -0.122. The lowest BCUT2D eigenvalue weighted by atomic mass is 9.80. The van der Waals surface area contributed by atoms with Gasteiger partial charge in [0.2, 0.25) is 5.91 Å². The number of carbonyl (C=O) groups excluding carboxylic acids is 1. The molecule has 1 amide bonds. The maximum Gasteiger partial charge on any atom is 0.220 e. The molecule has 20 heavy (non-hydrogen) atoms. The minimum atomic E-state index is 0.172. The summed E-state index contributed by atoms with van der Waals surface area (Å²) in [6.45, 7) is 0.792. The molecule has 2 rings (SSSR count). The highest BCUT2D eigenvalue weighted by Gasteiger charge is 2.35. The van der Waals surface area contributed by atoms with Gasteiger partial charge >= 0.3 is 0 Å². The highest BCUT2D eigenvalue weighted by Crippen LogP contribution is 2.32. The lowest BCUT2D eigenvalue weighted by Crippen LogP contribution is -2.54. The standard InChI is InChI=1S/C16H31N3O/c1-19(2)16(9-4-3-5-10-16)12-18-15(20)11-13-7-6-8-14(13)17/h13-14H,3-12,17H2,1-2H3,(H,18,20)/t13-,14+/m0/s1. The Balaban J connectivity index is 1.81. The monoisotopic (exact) mass is 281 g/mol. The summed E-state index contributed by atoms with van der Waals surface area (Å²) in [6.07, 6.45) is 10.3. The fraction of sp³-hybridized carbons (Fsp3) is 0.938. The van der Waals surface area contributed by atoms with Crippen molar-refractivity contribution in [1.82, 2.24) is 10.2 Å². The summed E-state index contributed by atoms with van der Waals surface area (Å²) >= 11 is 0. The highest BCUT2D eigenvalue weighted by atomic mass is 16.1. The number of carbonyl (C=O) groups is 1. The Bertz CT molecular complexity index is 324. The average Bonchev–Trinajstić information content (AvgIpc) is 2.83. The third kappa shape index (κ3) is 3.73. The third-order valence-corrected chi connectivity index (χ3v) is 5.51. The van der Waals surface area contributed by atoms with Crippen molar-refractivity contribution in [2.45, 2.75) is 69.4 Å². The van der Waals surface area contributed by atoms with E-state index in [-0.39, 0.29) is 17.5 Å². The van der Waals surface area contributed by atoms with E-state index in [1.807, 2.05) is 0 Å². The molecule has 2 aliphatic rings. The van der Waals surface area contributed by atoms with Crippen molar-refractivity contribution in [3.05, 3.63) is 0 Å². The molecule has 0 spiro atoms.